The molecule has 1 rings (SSSR count). The summed E-state index contributed by atoms with van der Waals surface area (Å²) in [5.74, 6) is 0.335. The average Bonchev–Trinajstić information content (AvgIpc) is 2.40. The summed E-state index contributed by atoms with van der Waals surface area (Å²) in [6.45, 7) is 6.03. The van der Waals surface area contributed by atoms with Gasteiger partial charge in [0, 0.05) is 25.0 Å². The topological polar surface area (TPSA) is 32.3 Å². The molecule has 3 nitrogen and oxygen atoms in total. The number of carbonyl (C=O) groups is 1. The molecule has 0 aromatic carbocycles. The second kappa shape index (κ2) is 7.78. The zero-order chi connectivity index (χ0) is 13.4. The van der Waals surface area contributed by atoms with E-state index in [0.29, 0.717) is 12.3 Å². The third kappa shape index (κ3) is 4.27. The van der Waals surface area contributed by atoms with E-state index in [0.717, 1.165) is 38.8 Å². The Labute approximate surface area is 112 Å². The van der Waals surface area contributed by atoms with Crippen molar-refractivity contribution in [2.75, 3.05) is 20.1 Å². The van der Waals surface area contributed by atoms with Crippen LogP contribution in [-0.4, -0.2) is 36.5 Å². The molecule has 0 radical (unpaired) electrons. The highest BCUT2D eigenvalue weighted by Crippen LogP contribution is 2.31. The van der Waals surface area contributed by atoms with Crippen molar-refractivity contribution in [1.29, 1.82) is 0 Å². The van der Waals surface area contributed by atoms with Crippen LogP contribution >= 0.6 is 0 Å². The van der Waals surface area contributed by atoms with Gasteiger partial charge in [0.2, 0.25) is 5.91 Å². The zero-order valence-electron chi connectivity index (χ0n) is 12.4. The predicted octanol–water partition coefficient (Wildman–Crippen LogP) is 2.95. The molecule has 0 atom stereocenters. The average molecular weight is 254 g/mol. The Morgan fingerprint density at radius 3 is 2.39 bits per heavy atom. The number of rotatable bonds is 7. The van der Waals surface area contributed by atoms with Crippen molar-refractivity contribution in [2.24, 2.45) is 0 Å². The fraction of sp³-hybridized carbons (Fsp3) is 0.933. The third-order valence-electron chi connectivity index (χ3n) is 4.35. The lowest BCUT2D eigenvalue weighted by atomic mass is 9.79. The second-order valence-electron chi connectivity index (χ2n) is 5.59. The highest BCUT2D eigenvalue weighted by molar-refractivity contribution is 5.77. The minimum atomic E-state index is 0.0783. The largest absolute Gasteiger partial charge is 0.343 e. The van der Waals surface area contributed by atoms with Crippen LogP contribution in [0, 0.1) is 0 Å². The van der Waals surface area contributed by atoms with Crippen LogP contribution in [0.2, 0.25) is 0 Å². The number of carbonyl (C=O) groups excluding carboxylic acids is 1. The first-order chi connectivity index (χ1) is 8.67. The monoisotopic (exact) mass is 254 g/mol. The lowest BCUT2D eigenvalue weighted by Gasteiger charge is -2.38. The summed E-state index contributed by atoms with van der Waals surface area (Å²) in [7, 11) is 2.01. The molecule has 1 saturated carbocycles. The molecule has 106 valence electrons. The van der Waals surface area contributed by atoms with Gasteiger partial charge in [-0.05, 0) is 33.2 Å². The minimum Gasteiger partial charge on any atom is -0.343 e. The van der Waals surface area contributed by atoms with Gasteiger partial charge in [0.15, 0.2) is 0 Å². The number of amides is 1. The molecule has 1 aliphatic carbocycles. The summed E-state index contributed by atoms with van der Waals surface area (Å²) < 4.78 is 0. The van der Waals surface area contributed by atoms with Crippen molar-refractivity contribution < 1.29 is 4.79 Å². The Balaban J connectivity index is 2.53. The Bertz CT molecular complexity index is 247. The smallest absolute Gasteiger partial charge is 0.224 e. The molecular formula is C15H30N2O. The Morgan fingerprint density at radius 1 is 1.22 bits per heavy atom. The summed E-state index contributed by atoms with van der Waals surface area (Å²) in [6, 6.07) is 0. The third-order valence-corrected chi connectivity index (χ3v) is 4.35. The van der Waals surface area contributed by atoms with E-state index in [4.69, 9.17) is 0 Å². The summed E-state index contributed by atoms with van der Waals surface area (Å²) in [5, 5.41) is 3.44. The van der Waals surface area contributed by atoms with Crippen LogP contribution in [0.4, 0.5) is 0 Å². The maximum atomic E-state index is 12.4. The van der Waals surface area contributed by atoms with Gasteiger partial charge in [-0.3, -0.25) is 4.79 Å². The van der Waals surface area contributed by atoms with Crippen LogP contribution in [0.3, 0.4) is 0 Å². The number of nitrogens with one attached hydrogen (secondary N) is 1. The first-order valence-corrected chi connectivity index (χ1v) is 7.64. The molecule has 3 heteroatoms. The van der Waals surface area contributed by atoms with E-state index < -0.39 is 0 Å². The summed E-state index contributed by atoms with van der Waals surface area (Å²) in [6.07, 6.45) is 9.10. The lowest BCUT2D eigenvalue weighted by molar-refractivity contribution is -0.133. The Hall–Kier alpha value is -0.570. The second-order valence-corrected chi connectivity index (χ2v) is 5.59. The molecule has 1 aliphatic rings. The number of unbranched alkanes of at least 4 members (excludes halogenated alkanes) is 1. The normalized spacial score (nSPS) is 18.6. The highest BCUT2D eigenvalue weighted by atomic mass is 16.2. The van der Waals surface area contributed by atoms with E-state index in [1.807, 2.05) is 11.9 Å². The van der Waals surface area contributed by atoms with Crippen molar-refractivity contribution >= 4 is 5.91 Å². The quantitative estimate of drug-likeness (QED) is 0.757. The van der Waals surface area contributed by atoms with Crippen molar-refractivity contribution in [2.45, 2.75) is 70.8 Å². The SMILES string of the molecule is CCCCN(CC)C(=O)CC1(NC)CCCCC1. The number of hydrogen-bond acceptors (Lipinski definition) is 2. The predicted molar refractivity (Wildman–Crippen MR) is 76.7 cm³/mol. The van der Waals surface area contributed by atoms with Gasteiger partial charge >= 0.3 is 0 Å². The maximum Gasteiger partial charge on any atom is 0.224 e. The van der Waals surface area contributed by atoms with Crippen LogP contribution < -0.4 is 5.32 Å². The van der Waals surface area contributed by atoms with E-state index in [9.17, 15) is 4.79 Å². The van der Waals surface area contributed by atoms with Crippen LogP contribution in [0.5, 0.6) is 0 Å². The van der Waals surface area contributed by atoms with Crippen molar-refractivity contribution in [1.82, 2.24) is 10.2 Å². The van der Waals surface area contributed by atoms with Gasteiger partial charge in [-0.15, -0.1) is 0 Å². The van der Waals surface area contributed by atoms with E-state index in [2.05, 4.69) is 19.2 Å². The summed E-state index contributed by atoms with van der Waals surface area (Å²) in [5.41, 5.74) is 0.0783. The van der Waals surface area contributed by atoms with Crippen molar-refractivity contribution in [3.8, 4) is 0 Å². The van der Waals surface area contributed by atoms with Gasteiger partial charge in [0.05, 0.1) is 0 Å². The minimum absolute atomic E-state index is 0.0783. The Morgan fingerprint density at radius 2 is 1.89 bits per heavy atom. The molecule has 0 aliphatic heterocycles. The molecule has 18 heavy (non-hydrogen) atoms. The molecule has 0 bridgehead atoms. The fourth-order valence-electron chi connectivity index (χ4n) is 2.95. The van der Waals surface area contributed by atoms with Gasteiger partial charge in [0.1, 0.15) is 0 Å². The maximum absolute atomic E-state index is 12.4. The van der Waals surface area contributed by atoms with Gasteiger partial charge in [-0.1, -0.05) is 32.6 Å². The standard InChI is InChI=1S/C15H30N2O/c1-4-6-12-17(5-2)14(18)13-15(16-3)10-8-7-9-11-15/h16H,4-13H2,1-3H3. The lowest BCUT2D eigenvalue weighted by Crippen LogP contribution is -2.49. The fourth-order valence-corrected chi connectivity index (χ4v) is 2.95. The van der Waals surface area contributed by atoms with Crippen molar-refractivity contribution in [3.63, 3.8) is 0 Å². The summed E-state index contributed by atoms with van der Waals surface area (Å²) in [4.78, 5) is 14.4. The Kier molecular flexibility index (Phi) is 6.69. The number of hydrogen-bond donors (Lipinski definition) is 1. The van der Waals surface area contributed by atoms with Gasteiger partial charge in [-0.25, -0.2) is 0 Å². The molecule has 0 unspecified atom stereocenters. The van der Waals surface area contributed by atoms with Crippen molar-refractivity contribution in [3.05, 3.63) is 0 Å². The molecule has 0 heterocycles. The van der Waals surface area contributed by atoms with E-state index in [1.165, 1.54) is 19.3 Å². The van der Waals surface area contributed by atoms with E-state index >= 15 is 0 Å². The van der Waals surface area contributed by atoms with Gasteiger partial charge in [0.25, 0.3) is 0 Å². The van der Waals surface area contributed by atoms with Crippen LogP contribution in [0.25, 0.3) is 0 Å². The zero-order valence-corrected chi connectivity index (χ0v) is 12.4. The molecule has 0 aromatic rings. The molecule has 1 fully saturated rings. The summed E-state index contributed by atoms with van der Waals surface area (Å²) >= 11 is 0. The van der Waals surface area contributed by atoms with E-state index in [-0.39, 0.29) is 5.54 Å². The number of nitrogens with zero attached hydrogens (tertiary/aromatic N) is 1. The first kappa shape index (κ1) is 15.5. The van der Waals surface area contributed by atoms with Gasteiger partial charge < -0.3 is 10.2 Å². The highest BCUT2D eigenvalue weighted by Gasteiger charge is 2.33. The molecule has 0 spiro atoms. The van der Waals surface area contributed by atoms with Crippen LogP contribution in [-0.2, 0) is 4.79 Å². The van der Waals surface area contributed by atoms with Gasteiger partial charge in [-0.2, -0.15) is 0 Å². The molecule has 0 aromatic heterocycles. The molecule has 1 amide bonds. The molecular weight excluding hydrogens is 224 g/mol. The van der Waals surface area contributed by atoms with Crippen LogP contribution in [0.15, 0.2) is 0 Å². The van der Waals surface area contributed by atoms with Crippen LogP contribution in [0.1, 0.15) is 65.2 Å². The first-order valence-electron chi connectivity index (χ1n) is 7.64. The molecule has 0 saturated heterocycles. The van der Waals surface area contributed by atoms with E-state index in [1.54, 1.807) is 0 Å². The molecule has 1 N–H and O–H groups in total.